The third kappa shape index (κ3) is 4.18. The first-order valence-electron chi connectivity index (χ1n) is 12.5. The minimum Gasteiger partial charge on any atom is -0.490 e. The minimum absolute atomic E-state index is 0.0612. The SMILES string of the molecule is Cc1cc([C@H]2[C@@H](c3ccccn3)NC(=S)N2c2ccc(OC3CCCC3)cc2)c(C)n1-c1nccs1. The molecular formula is C28H29N5OS2. The first-order valence-corrected chi connectivity index (χ1v) is 13.7. The summed E-state index contributed by atoms with van der Waals surface area (Å²) in [6.07, 6.45) is 8.83. The number of nitrogens with one attached hydrogen (secondary N) is 1. The fraction of sp³-hybridized carbons (Fsp3) is 0.321. The molecule has 2 aliphatic rings. The van der Waals surface area contributed by atoms with Gasteiger partial charge in [-0.05, 0) is 99.8 Å². The number of hydrogen-bond acceptors (Lipinski definition) is 5. The number of anilines is 1. The molecule has 4 aromatic rings. The first kappa shape index (κ1) is 23.2. The highest BCUT2D eigenvalue weighted by molar-refractivity contribution is 7.80. The molecule has 2 atom stereocenters. The number of aryl methyl sites for hydroxylation is 1. The van der Waals surface area contributed by atoms with Crippen LogP contribution < -0.4 is 15.0 Å². The molecule has 6 rings (SSSR count). The van der Waals surface area contributed by atoms with Gasteiger partial charge in [0.25, 0.3) is 0 Å². The topological polar surface area (TPSA) is 55.2 Å². The molecule has 0 amide bonds. The van der Waals surface area contributed by atoms with Crippen molar-refractivity contribution in [3.05, 3.63) is 88.9 Å². The molecule has 1 saturated heterocycles. The van der Waals surface area contributed by atoms with Gasteiger partial charge in [0.05, 0.1) is 23.9 Å². The summed E-state index contributed by atoms with van der Waals surface area (Å²) >= 11 is 7.57. The van der Waals surface area contributed by atoms with E-state index in [1.807, 2.05) is 29.9 Å². The normalized spacial score (nSPS) is 20.2. The van der Waals surface area contributed by atoms with Crippen LogP contribution in [0.3, 0.4) is 0 Å². The maximum atomic E-state index is 6.22. The van der Waals surface area contributed by atoms with Crippen molar-refractivity contribution in [1.82, 2.24) is 19.9 Å². The lowest BCUT2D eigenvalue weighted by atomic mass is 9.96. The number of thiocarbonyl (C=S) groups is 1. The van der Waals surface area contributed by atoms with Gasteiger partial charge in [0.15, 0.2) is 10.2 Å². The van der Waals surface area contributed by atoms with Gasteiger partial charge >= 0.3 is 0 Å². The molecule has 1 N–H and O–H groups in total. The quantitative estimate of drug-likeness (QED) is 0.298. The Hall–Kier alpha value is -3.23. The lowest BCUT2D eigenvalue weighted by Crippen LogP contribution is -2.29. The summed E-state index contributed by atoms with van der Waals surface area (Å²) in [6.45, 7) is 4.30. The highest BCUT2D eigenvalue weighted by Crippen LogP contribution is 2.44. The predicted molar refractivity (Wildman–Crippen MR) is 148 cm³/mol. The van der Waals surface area contributed by atoms with E-state index >= 15 is 0 Å². The number of thiazole rings is 1. The molecule has 1 saturated carbocycles. The Labute approximate surface area is 221 Å². The Kier molecular flexibility index (Phi) is 6.23. The molecule has 6 nitrogen and oxygen atoms in total. The molecule has 0 unspecified atom stereocenters. The zero-order chi connectivity index (χ0) is 24.6. The molecule has 0 spiro atoms. The zero-order valence-electron chi connectivity index (χ0n) is 20.4. The third-order valence-corrected chi connectivity index (χ3v) is 8.29. The third-order valence-electron chi connectivity index (χ3n) is 7.22. The van der Waals surface area contributed by atoms with E-state index in [0.29, 0.717) is 11.2 Å². The van der Waals surface area contributed by atoms with Crippen molar-refractivity contribution in [2.45, 2.75) is 57.7 Å². The Balaban J connectivity index is 1.40. The average molecular weight is 516 g/mol. The summed E-state index contributed by atoms with van der Waals surface area (Å²) in [5, 5.41) is 7.25. The highest BCUT2D eigenvalue weighted by atomic mass is 32.1. The van der Waals surface area contributed by atoms with Gasteiger partial charge in [-0.3, -0.25) is 9.55 Å². The molecule has 4 heterocycles. The average Bonchev–Trinajstić information content (AvgIpc) is 3.69. The van der Waals surface area contributed by atoms with Crippen LogP contribution in [0.25, 0.3) is 5.13 Å². The lowest BCUT2D eigenvalue weighted by Gasteiger charge is -2.28. The predicted octanol–water partition coefficient (Wildman–Crippen LogP) is 6.44. The van der Waals surface area contributed by atoms with Crippen molar-refractivity contribution >= 4 is 34.4 Å². The number of benzene rings is 1. The lowest BCUT2D eigenvalue weighted by molar-refractivity contribution is 0.210. The van der Waals surface area contributed by atoms with Crippen LogP contribution >= 0.6 is 23.6 Å². The van der Waals surface area contributed by atoms with Crippen molar-refractivity contribution < 1.29 is 4.74 Å². The van der Waals surface area contributed by atoms with E-state index in [1.54, 1.807) is 11.3 Å². The molecule has 1 aliphatic heterocycles. The maximum absolute atomic E-state index is 6.22. The van der Waals surface area contributed by atoms with E-state index in [4.69, 9.17) is 21.9 Å². The molecule has 2 fully saturated rings. The molecule has 3 aromatic heterocycles. The van der Waals surface area contributed by atoms with Gasteiger partial charge in [-0.15, -0.1) is 11.3 Å². The number of rotatable bonds is 6. The van der Waals surface area contributed by atoms with E-state index in [0.717, 1.165) is 46.5 Å². The van der Waals surface area contributed by atoms with Crippen LogP contribution in [0.5, 0.6) is 5.75 Å². The second-order valence-electron chi connectivity index (χ2n) is 9.49. The fourth-order valence-corrected chi connectivity index (χ4v) is 6.64. The Morgan fingerprint density at radius 1 is 1.03 bits per heavy atom. The van der Waals surface area contributed by atoms with Crippen molar-refractivity contribution in [3.63, 3.8) is 0 Å². The Morgan fingerprint density at radius 2 is 1.83 bits per heavy atom. The van der Waals surface area contributed by atoms with Gasteiger partial charge in [-0.2, -0.15) is 0 Å². The Morgan fingerprint density at radius 3 is 2.53 bits per heavy atom. The summed E-state index contributed by atoms with van der Waals surface area (Å²) in [6, 6.07) is 16.5. The van der Waals surface area contributed by atoms with Gasteiger partial charge in [-0.25, -0.2) is 4.98 Å². The summed E-state index contributed by atoms with van der Waals surface area (Å²) in [5.41, 5.74) is 5.51. The molecular weight excluding hydrogens is 486 g/mol. The van der Waals surface area contributed by atoms with E-state index < -0.39 is 0 Å². The minimum atomic E-state index is -0.0849. The van der Waals surface area contributed by atoms with Gasteiger partial charge in [0.2, 0.25) is 0 Å². The van der Waals surface area contributed by atoms with Crippen LogP contribution in [0, 0.1) is 13.8 Å². The number of ether oxygens (including phenoxy) is 1. The van der Waals surface area contributed by atoms with Crippen molar-refractivity contribution in [2.24, 2.45) is 0 Å². The number of hydrogen-bond donors (Lipinski definition) is 1. The van der Waals surface area contributed by atoms with Crippen LogP contribution in [0.15, 0.2) is 66.3 Å². The maximum Gasteiger partial charge on any atom is 0.193 e. The van der Waals surface area contributed by atoms with Crippen LogP contribution in [0.4, 0.5) is 5.69 Å². The largest absolute Gasteiger partial charge is 0.490 e. The molecule has 0 bridgehead atoms. The first-order chi connectivity index (χ1) is 17.6. The van der Waals surface area contributed by atoms with E-state index in [-0.39, 0.29) is 12.1 Å². The van der Waals surface area contributed by atoms with E-state index in [1.165, 1.54) is 18.4 Å². The molecule has 8 heteroatoms. The number of nitrogens with zero attached hydrogens (tertiary/aromatic N) is 4. The van der Waals surface area contributed by atoms with Crippen LogP contribution in [0.1, 0.15) is 60.4 Å². The van der Waals surface area contributed by atoms with Gasteiger partial charge in [0.1, 0.15) is 5.75 Å². The summed E-state index contributed by atoms with van der Waals surface area (Å²) in [7, 11) is 0. The second-order valence-corrected chi connectivity index (χ2v) is 10.8. The van der Waals surface area contributed by atoms with Crippen molar-refractivity contribution in [3.8, 4) is 10.9 Å². The zero-order valence-corrected chi connectivity index (χ0v) is 22.1. The Bertz CT molecular complexity index is 1340. The van der Waals surface area contributed by atoms with Crippen molar-refractivity contribution in [1.29, 1.82) is 0 Å². The van der Waals surface area contributed by atoms with Crippen LogP contribution in [-0.2, 0) is 0 Å². The monoisotopic (exact) mass is 515 g/mol. The molecule has 1 aliphatic carbocycles. The molecule has 1 aromatic carbocycles. The van der Waals surface area contributed by atoms with E-state index in [9.17, 15) is 0 Å². The van der Waals surface area contributed by atoms with Crippen LogP contribution in [-0.4, -0.2) is 25.8 Å². The van der Waals surface area contributed by atoms with Gasteiger partial charge in [-0.1, -0.05) is 6.07 Å². The number of aromatic nitrogens is 3. The number of pyridine rings is 1. The van der Waals surface area contributed by atoms with E-state index in [2.05, 4.69) is 70.0 Å². The van der Waals surface area contributed by atoms with Crippen molar-refractivity contribution in [2.75, 3.05) is 4.90 Å². The van der Waals surface area contributed by atoms with Gasteiger partial charge in [0, 0.05) is 34.8 Å². The highest BCUT2D eigenvalue weighted by Gasteiger charge is 2.42. The standard InChI is InChI=1S/C28H29N5OS2/c1-18-17-23(19(2)32(18)28-30-15-16-36-28)26-25(24-9-5-6-14-29-24)31-27(35)33(26)20-10-12-22(13-11-20)34-21-7-3-4-8-21/h5-6,9-17,21,25-26H,3-4,7-8H2,1-2H3,(H,31,35)/t25-,26+/m1/s1. The fourth-order valence-electron chi connectivity index (χ4n) is 5.54. The summed E-state index contributed by atoms with van der Waals surface area (Å²) < 4.78 is 8.44. The summed E-state index contributed by atoms with van der Waals surface area (Å²) in [5.74, 6) is 0.920. The smallest absolute Gasteiger partial charge is 0.193 e. The summed E-state index contributed by atoms with van der Waals surface area (Å²) in [4.78, 5) is 11.5. The molecule has 36 heavy (non-hydrogen) atoms. The van der Waals surface area contributed by atoms with Crippen LogP contribution in [0.2, 0.25) is 0 Å². The van der Waals surface area contributed by atoms with Gasteiger partial charge < -0.3 is 15.0 Å². The second kappa shape index (κ2) is 9.67. The molecule has 0 radical (unpaired) electrons. The molecule has 184 valence electrons.